The number of nitrogens with two attached hydrogens (primary N) is 1. The minimum atomic E-state index is -3.96. The van der Waals surface area contributed by atoms with Crippen molar-refractivity contribution in [3.05, 3.63) is 70.7 Å². The Morgan fingerprint density at radius 1 is 1.39 bits per heavy atom. The van der Waals surface area contributed by atoms with Crippen LogP contribution in [0.15, 0.2) is 59.6 Å². The third-order valence-electron chi connectivity index (χ3n) is 4.58. The molecular weight excluding hydrogens is 378 g/mol. The Hall–Kier alpha value is -2.26. The van der Waals surface area contributed by atoms with Gasteiger partial charge in [-0.2, -0.15) is 0 Å². The third kappa shape index (κ3) is 6.13. The number of primary sulfonamides is 1. The molecule has 0 saturated heterocycles. The zero-order chi connectivity index (χ0) is 20.7. The number of carbonyl (C=O) groups excluding carboxylic acids is 1. The van der Waals surface area contributed by atoms with Crippen molar-refractivity contribution in [2.75, 3.05) is 19.6 Å². The van der Waals surface area contributed by atoms with Crippen molar-refractivity contribution in [1.82, 2.24) is 10.2 Å². The van der Waals surface area contributed by atoms with Gasteiger partial charge in [-0.05, 0) is 36.6 Å². The molecule has 0 spiro atoms. The molecule has 8 heteroatoms. The van der Waals surface area contributed by atoms with E-state index < -0.39 is 22.0 Å². The lowest BCUT2D eigenvalue weighted by atomic mass is 10.00. The molecule has 0 aliphatic carbocycles. The number of amides is 1. The molecule has 0 bridgehead atoms. The number of fused-ring (bicyclic) bond motifs is 1. The van der Waals surface area contributed by atoms with Crippen molar-refractivity contribution in [3.63, 3.8) is 0 Å². The first-order valence-corrected chi connectivity index (χ1v) is 10.6. The van der Waals surface area contributed by atoms with Gasteiger partial charge in [-0.1, -0.05) is 36.9 Å². The number of allylic oxidation sites excluding steroid dienone is 2. The summed E-state index contributed by atoms with van der Waals surface area (Å²) in [6, 6.07) is 8.24. The van der Waals surface area contributed by atoms with E-state index in [-0.39, 0.29) is 17.0 Å². The van der Waals surface area contributed by atoms with Crippen molar-refractivity contribution in [2.24, 2.45) is 5.14 Å². The van der Waals surface area contributed by atoms with Crippen molar-refractivity contribution in [3.8, 4) is 0 Å². The second-order valence-corrected chi connectivity index (χ2v) is 8.22. The predicted octanol–water partition coefficient (Wildman–Crippen LogP) is 0.826. The number of β-amino-alcohol motifs (C(OH)–C–C–N with tert-alkyl or cyclic N) is 1. The van der Waals surface area contributed by atoms with E-state index in [0.29, 0.717) is 6.54 Å². The van der Waals surface area contributed by atoms with Gasteiger partial charge in [0.15, 0.2) is 0 Å². The molecule has 1 unspecified atom stereocenters. The largest absolute Gasteiger partial charge is 0.390 e. The summed E-state index contributed by atoms with van der Waals surface area (Å²) in [5.41, 5.74) is 2.72. The van der Waals surface area contributed by atoms with Gasteiger partial charge < -0.3 is 10.4 Å². The molecule has 7 nitrogen and oxygen atoms in total. The molecule has 2 rings (SSSR count). The van der Waals surface area contributed by atoms with Gasteiger partial charge in [0.05, 0.1) is 11.0 Å². The van der Waals surface area contributed by atoms with Crippen LogP contribution in [0, 0.1) is 0 Å². The highest BCUT2D eigenvalue weighted by Crippen LogP contribution is 2.18. The van der Waals surface area contributed by atoms with Crippen LogP contribution in [-0.2, 0) is 27.8 Å². The molecule has 1 heterocycles. The molecule has 1 aromatic carbocycles. The highest BCUT2D eigenvalue weighted by molar-refractivity contribution is 7.93. The molecule has 152 valence electrons. The van der Waals surface area contributed by atoms with Crippen LogP contribution in [0.3, 0.4) is 0 Å². The zero-order valence-electron chi connectivity index (χ0n) is 16.0. The van der Waals surface area contributed by atoms with E-state index in [2.05, 4.69) is 28.9 Å². The molecule has 0 saturated carbocycles. The predicted molar refractivity (Wildman–Crippen MR) is 110 cm³/mol. The number of aliphatic hydroxyl groups is 1. The number of aliphatic hydroxyl groups excluding tert-OH is 1. The average Bonchev–Trinajstić information content (AvgIpc) is 2.66. The van der Waals surface area contributed by atoms with Crippen LogP contribution in [0.25, 0.3) is 0 Å². The minimum absolute atomic E-state index is 0.0565. The van der Waals surface area contributed by atoms with Gasteiger partial charge in [0, 0.05) is 31.8 Å². The van der Waals surface area contributed by atoms with Gasteiger partial charge in [-0.25, -0.2) is 13.6 Å². The number of rotatable bonds is 8. The lowest BCUT2D eigenvalue weighted by Gasteiger charge is -2.30. The Kier molecular flexibility index (Phi) is 7.70. The van der Waals surface area contributed by atoms with Gasteiger partial charge in [-0.15, -0.1) is 0 Å². The standard InChI is InChI=1S/C20H27N3O4S/c1-3-15(11-19(4-2)28(21,26)27)20(25)22-12-18(24)14-23-10-9-16-7-5-6-8-17(16)13-23/h3-8,11,18,24H,2,9-10,12-14H2,1H3,(H,22,25)(H2,21,26,27)/b15-3+,19-11+. The summed E-state index contributed by atoms with van der Waals surface area (Å²) in [5, 5.41) is 18.0. The van der Waals surface area contributed by atoms with E-state index >= 15 is 0 Å². The number of hydrogen-bond donors (Lipinski definition) is 3. The van der Waals surface area contributed by atoms with Crippen LogP contribution in [-0.4, -0.2) is 50.1 Å². The summed E-state index contributed by atoms with van der Waals surface area (Å²) in [6.07, 6.45) is 3.90. The number of hydrogen-bond acceptors (Lipinski definition) is 5. The fourth-order valence-electron chi connectivity index (χ4n) is 3.08. The van der Waals surface area contributed by atoms with Gasteiger partial charge in [0.2, 0.25) is 10.0 Å². The molecule has 1 amide bonds. The maximum Gasteiger partial charge on any atom is 0.251 e. The lowest BCUT2D eigenvalue weighted by molar-refractivity contribution is -0.117. The first-order chi connectivity index (χ1) is 13.2. The quantitative estimate of drug-likeness (QED) is 0.438. The number of sulfonamides is 1. The van der Waals surface area contributed by atoms with Crippen molar-refractivity contribution >= 4 is 15.9 Å². The van der Waals surface area contributed by atoms with Crippen LogP contribution in [0.4, 0.5) is 0 Å². The number of benzene rings is 1. The number of nitrogens with one attached hydrogen (secondary N) is 1. The summed E-state index contributed by atoms with van der Waals surface area (Å²) in [7, 11) is -3.96. The van der Waals surface area contributed by atoms with Crippen LogP contribution < -0.4 is 10.5 Å². The Morgan fingerprint density at radius 3 is 2.68 bits per heavy atom. The van der Waals surface area contributed by atoms with Gasteiger partial charge in [0.1, 0.15) is 0 Å². The molecule has 1 atom stereocenters. The first-order valence-electron chi connectivity index (χ1n) is 9.03. The summed E-state index contributed by atoms with van der Waals surface area (Å²) < 4.78 is 22.9. The highest BCUT2D eigenvalue weighted by atomic mass is 32.2. The summed E-state index contributed by atoms with van der Waals surface area (Å²) in [6.45, 7) is 7.11. The molecule has 1 aliphatic rings. The molecular formula is C20H27N3O4S. The average molecular weight is 406 g/mol. The van der Waals surface area contributed by atoms with E-state index in [1.807, 2.05) is 12.1 Å². The first kappa shape index (κ1) is 22.0. The lowest BCUT2D eigenvalue weighted by Crippen LogP contribution is -2.42. The fourth-order valence-corrected chi connectivity index (χ4v) is 3.60. The third-order valence-corrected chi connectivity index (χ3v) is 5.52. The van der Waals surface area contributed by atoms with Crippen molar-refractivity contribution < 1.29 is 18.3 Å². The van der Waals surface area contributed by atoms with Gasteiger partial charge in [-0.3, -0.25) is 9.69 Å². The van der Waals surface area contributed by atoms with E-state index in [1.54, 1.807) is 6.92 Å². The zero-order valence-corrected chi connectivity index (χ0v) is 16.8. The van der Waals surface area contributed by atoms with E-state index in [1.165, 1.54) is 17.2 Å². The normalized spacial score (nSPS) is 17.0. The van der Waals surface area contributed by atoms with Crippen molar-refractivity contribution in [1.29, 1.82) is 0 Å². The van der Waals surface area contributed by atoms with E-state index in [4.69, 9.17) is 5.14 Å². The van der Waals surface area contributed by atoms with Gasteiger partial charge >= 0.3 is 0 Å². The van der Waals surface area contributed by atoms with Crippen LogP contribution in [0.1, 0.15) is 18.1 Å². The van der Waals surface area contributed by atoms with Crippen LogP contribution in [0.2, 0.25) is 0 Å². The summed E-state index contributed by atoms with van der Waals surface area (Å²) in [5.74, 6) is -0.492. The summed E-state index contributed by atoms with van der Waals surface area (Å²) in [4.78, 5) is 14.2. The molecule has 0 radical (unpaired) electrons. The monoisotopic (exact) mass is 405 g/mol. The molecule has 1 aliphatic heterocycles. The molecule has 28 heavy (non-hydrogen) atoms. The van der Waals surface area contributed by atoms with Crippen LogP contribution >= 0.6 is 0 Å². The summed E-state index contributed by atoms with van der Waals surface area (Å²) >= 11 is 0. The molecule has 0 fully saturated rings. The SMILES string of the molecule is C=C/C(=C\C(=C/C)C(=O)NCC(O)CN1CCc2ccccc2C1)S(N)(=O)=O. The Bertz CT molecular complexity index is 890. The Morgan fingerprint density at radius 2 is 2.07 bits per heavy atom. The fraction of sp³-hybridized carbons (Fsp3) is 0.350. The number of nitrogens with zero attached hydrogens (tertiary/aromatic N) is 1. The van der Waals surface area contributed by atoms with Gasteiger partial charge in [0.25, 0.3) is 5.91 Å². The molecule has 0 aromatic heterocycles. The topological polar surface area (TPSA) is 113 Å². The Labute approximate surface area is 166 Å². The maximum atomic E-state index is 12.3. The van der Waals surface area contributed by atoms with E-state index in [0.717, 1.165) is 31.7 Å². The van der Waals surface area contributed by atoms with E-state index in [9.17, 15) is 18.3 Å². The minimum Gasteiger partial charge on any atom is -0.390 e. The smallest absolute Gasteiger partial charge is 0.251 e. The van der Waals surface area contributed by atoms with Crippen molar-refractivity contribution in [2.45, 2.75) is 26.0 Å². The molecule has 1 aromatic rings. The number of carbonyl (C=O) groups is 1. The Balaban J connectivity index is 1.90. The highest BCUT2D eigenvalue weighted by Gasteiger charge is 2.19. The molecule has 4 N–H and O–H groups in total. The second kappa shape index (κ2) is 9.79. The maximum absolute atomic E-state index is 12.3. The van der Waals surface area contributed by atoms with Crippen LogP contribution in [0.5, 0.6) is 0 Å². The second-order valence-electron chi connectivity index (χ2n) is 6.66.